The minimum Gasteiger partial charge on any atom is -0.360 e. The molecule has 2 aromatic heterocycles. The summed E-state index contributed by atoms with van der Waals surface area (Å²) in [5.41, 5.74) is 0.960. The van der Waals surface area contributed by atoms with Crippen LogP contribution in [0.25, 0.3) is 0 Å². The first-order valence-corrected chi connectivity index (χ1v) is 8.27. The summed E-state index contributed by atoms with van der Waals surface area (Å²) in [6.07, 6.45) is 1.79. The molecule has 2 heterocycles. The predicted octanol–water partition coefficient (Wildman–Crippen LogP) is 0.850. The molecule has 2 amide bonds. The third-order valence-corrected chi connectivity index (χ3v) is 3.89. The van der Waals surface area contributed by atoms with Crippen LogP contribution < -0.4 is 5.32 Å². The van der Waals surface area contributed by atoms with Crippen LogP contribution in [0.1, 0.15) is 17.4 Å². The molecule has 0 aliphatic heterocycles. The molecule has 0 fully saturated rings. The number of likely N-dealkylation sites (N-methyl/N-ethyl adjacent to an activating group) is 1. The number of amides is 2. The van der Waals surface area contributed by atoms with E-state index in [2.05, 4.69) is 26.0 Å². The van der Waals surface area contributed by atoms with Crippen LogP contribution in [0.15, 0.2) is 47.2 Å². The lowest BCUT2D eigenvalue weighted by Gasteiger charge is -2.23. The lowest BCUT2D eigenvalue weighted by atomic mass is 10.1. The van der Waals surface area contributed by atoms with Crippen molar-refractivity contribution < 1.29 is 14.1 Å². The highest BCUT2D eigenvalue weighted by Crippen LogP contribution is 2.16. The van der Waals surface area contributed by atoms with Crippen LogP contribution in [0.2, 0.25) is 0 Å². The Balaban J connectivity index is 1.68. The number of anilines is 1. The summed E-state index contributed by atoms with van der Waals surface area (Å²) < 4.78 is 6.29. The Hall–Kier alpha value is -3.56. The van der Waals surface area contributed by atoms with Crippen LogP contribution in [0.4, 0.5) is 5.82 Å². The zero-order valence-electron chi connectivity index (χ0n) is 14.9. The first-order chi connectivity index (χ1) is 13.0. The Bertz CT molecular complexity index is 892. The molecule has 0 aliphatic rings. The molecule has 1 unspecified atom stereocenters. The predicted molar refractivity (Wildman–Crippen MR) is 94.5 cm³/mol. The first-order valence-electron chi connectivity index (χ1n) is 8.27. The molecule has 0 spiro atoms. The lowest BCUT2D eigenvalue weighted by Crippen LogP contribution is -2.40. The van der Waals surface area contributed by atoms with Gasteiger partial charge in [0, 0.05) is 19.5 Å². The average molecular weight is 369 g/mol. The van der Waals surface area contributed by atoms with Crippen LogP contribution >= 0.6 is 0 Å². The van der Waals surface area contributed by atoms with Crippen molar-refractivity contribution in [2.45, 2.75) is 19.4 Å². The average Bonchev–Trinajstić information content (AvgIpc) is 3.32. The van der Waals surface area contributed by atoms with Gasteiger partial charge in [0.1, 0.15) is 18.1 Å². The van der Waals surface area contributed by atoms with Crippen LogP contribution in [0.3, 0.4) is 0 Å². The van der Waals surface area contributed by atoms with E-state index in [0.29, 0.717) is 18.0 Å². The van der Waals surface area contributed by atoms with Crippen molar-refractivity contribution in [3.63, 3.8) is 0 Å². The third kappa shape index (κ3) is 4.75. The largest absolute Gasteiger partial charge is 0.360 e. The number of rotatable bonds is 7. The summed E-state index contributed by atoms with van der Waals surface area (Å²) in [7, 11) is 1.55. The maximum Gasteiger partial charge on any atom is 0.248 e. The molecule has 0 saturated heterocycles. The van der Waals surface area contributed by atoms with Crippen LogP contribution in [0.5, 0.6) is 0 Å². The number of hydrogen-bond donors (Lipinski definition) is 1. The van der Waals surface area contributed by atoms with Crippen molar-refractivity contribution in [1.29, 1.82) is 0 Å². The highest BCUT2D eigenvalue weighted by molar-refractivity contribution is 5.94. The molecule has 1 aromatic carbocycles. The van der Waals surface area contributed by atoms with E-state index in [1.807, 2.05) is 30.3 Å². The van der Waals surface area contributed by atoms with Gasteiger partial charge in [0.15, 0.2) is 5.82 Å². The molecule has 3 rings (SSSR count). The molecule has 10 nitrogen and oxygen atoms in total. The number of benzene rings is 1. The maximum atomic E-state index is 12.9. The molecular weight excluding hydrogens is 350 g/mol. The maximum absolute atomic E-state index is 12.9. The molecule has 10 heteroatoms. The van der Waals surface area contributed by atoms with Gasteiger partial charge in [-0.05, 0) is 22.9 Å². The third-order valence-electron chi connectivity index (χ3n) is 3.89. The molecule has 3 aromatic rings. The van der Waals surface area contributed by atoms with E-state index in [1.54, 1.807) is 20.0 Å². The van der Waals surface area contributed by atoms with E-state index in [9.17, 15) is 9.59 Å². The van der Waals surface area contributed by atoms with Gasteiger partial charge in [-0.25, -0.2) is 4.68 Å². The molecule has 0 aliphatic carbocycles. The second-order valence-corrected chi connectivity index (χ2v) is 6.06. The zero-order chi connectivity index (χ0) is 19.2. The Morgan fingerprint density at radius 3 is 2.70 bits per heavy atom. The minimum atomic E-state index is -0.658. The van der Waals surface area contributed by atoms with Crippen molar-refractivity contribution in [3.05, 3.63) is 54.0 Å². The van der Waals surface area contributed by atoms with Crippen LogP contribution in [0, 0.1) is 6.92 Å². The number of nitrogens with zero attached hydrogens (tertiary/aromatic N) is 6. The van der Waals surface area contributed by atoms with Crippen LogP contribution in [-0.4, -0.2) is 55.7 Å². The van der Waals surface area contributed by atoms with Crippen molar-refractivity contribution >= 4 is 17.6 Å². The van der Waals surface area contributed by atoms with Gasteiger partial charge >= 0.3 is 0 Å². The van der Waals surface area contributed by atoms with E-state index < -0.39 is 6.04 Å². The molecule has 140 valence electrons. The highest BCUT2D eigenvalue weighted by Gasteiger charge is 2.26. The molecule has 0 saturated carbocycles. The summed E-state index contributed by atoms with van der Waals surface area (Å²) in [6.45, 7) is 1.58. The number of aryl methyl sites for hydroxylation is 1. The highest BCUT2D eigenvalue weighted by atomic mass is 16.5. The van der Waals surface area contributed by atoms with Gasteiger partial charge in [-0.1, -0.05) is 35.5 Å². The van der Waals surface area contributed by atoms with Gasteiger partial charge in [0.25, 0.3) is 0 Å². The molecule has 0 radical (unpaired) electrons. The minimum absolute atomic E-state index is 0.141. The Morgan fingerprint density at radius 1 is 1.30 bits per heavy atom. The molecular formula is C17H19N7O3. The van der Waals surface area contributed by atoms with Crippen LogP contribution in [-0.2, 0) is 16.0 Å². The Labute approximate surface area is 155 Å². The normalized spacial score (nSPS) is 11.8. The van der Waals surface area contributed by atoms with Gasteiger partial charge in [-0.15, -0.1) is 5.10 Å². The van der Waals surface area contributed by atoms with E-state index in [-0.39, 0.29) is 18.4 Å². The fourth-order valence-corrected chi connectivity index (χ4v) is 2.60. The van der Waals surface area contributed by atoms with Gasteiger partial charge in [0.2, 0.25) is 11.8 Å². The van der Waals surface area contributed by atoms with E-state index in [1.165, 1.54) is 15.9 Å². The molecule has 1 atom stereocenters. The van der Waals surface area contributed by atoms with Gasteiger partial charge in [-0.2, -0.15) is 0 Å². The number of hydrogen-bond acceptors (Lipinski definition) is 7. The second kappa shape index (κ2) is 8.21. The number of carbonyl (C=O) groups is 2. The van der Waals surface area contributed by atoms with E-state index in [4.69, 9.17) is 4.52 Å². The van der Waals surface area contributed by atoms with Crippen molar-refractivity contribution in [2.24, 2.45) is 0 Å². The standard InChI is InChI=1S/C17H19N7O3/c1-12-8-15(20-27-12)19-16(25)10-23(2)17(26)14(24-11-18-21-22-24)9-13-6-4-3-5-7-13/h3-8,11,14H,9-10H2,1-2H3,(H,19,20,25). The monoisotopic (exact) mass is 369 g/mol. The Morgan fingerprint density at radius 2 is 2.07 bits per heavy atom. The van der Waals surface area contributed by atoms with Gasteiger partial charge in [0.05, 0.1) is 6.54 Å². The fourth-order valence-electron chi connectivity index (χ4n) is 2.60. The lowest BCUT2D eigenvalue weighted by molar-refractivity contribution is -0.136. The zero-order valence-corrected chi connectivity index (χ0v) is 14.9. The smallest absolute Gasteiger partial charge is 0.248 e. The first kappa shape index (κ1) is 18.2. The summed E-state index contributed by atoms with van der Waals surface area (Å²) in [6, 6.07) is 10.5. The molecule has 0 bridgehead atoms. The summed E-state index contributed by atoms with van der Waals surface area (Å²) in [4.78, 5) is 26.4. The second-order valence-electron chi connectivity index (χ2n) is 6.06. The number of nitrogens with one attached hydrogen (secondary N) is 1. The topological polar surface area (TPSA) is 119 Å². The van der Waals surface area contributed by atoms with Gasteiger partial charge < -0.3 is 14.7 Å². The summed E-state index contributed by atoms with van der Waals surface area (Å²) >= 11 is 0. The van der Waals surface area contributed by atoms with Crippen molar-refractivity contribution in [3.8, 4) is 0 Å². The fraction of sp³-hybridized carbons (Fsp3) is 0.294. The Kier molecular flexibility index (Phi) is 5.55. The summed E-state index contributed by atoms with van der Waals surface area (Å²) in [5.74, 6) is 0.225. The number of carbonyl (C=O) groups excluding carboxylic acids is 2. The van der Waals surface area contributed by atoms with E-state index >= 15 is 0 Å². The summed E-state index contributed by atoms with van der Waals surface area (Å²) in [5, 5.41) is 17.4. The number of aromatic nitrogens is 5. The number of tetrazole rings is 1. The van der Waals surface area contributed by atoms with Crippen molar-refractivity contribution in [2.75, 3.05) is 18.9 Å². The molecule has 1 N–H and O–H groups in total. The van der Waals surface area contributed by atoms with E-state index in [0.717, 1.165) is 5.56 Å². The quantitative estimate of drug-likeness (QED) is 0.656. The SMILES string of the molecule is Cc1cc(NC(=O)CN(C)C(=O)C(Cc2ccccc2)n2cnnn2)no1. The molecule has 27 heavy (non-hydrogen) atoms. The van der Waals surface area contributed by atoms with Crippen molar-refractivity contribution in [1.82, 2.24) is 30.3 Å². The van der Waals surface area contributed by atoms with Gasteiger partial charge in [-0.3, -0.25) is 9.59 Å².